The van der Waals surface area contributed by atoms with Crippen molar-refractivity contribution in [2.75, 3.05) is 10.6 Å². The number of anilines is 2. The van der Waals surface area contributed by atoms with Crippen molar-refractivity contribution in [3.63, 3.8) is 0 Å². The van der Waals surface area contributed by atoms with Crippen LogP contribution in [0.5, 0.6) is 0 Å². The van der Waals surface area contributed by atoms with Crippen LogP contribution in [-0.4, -0.2) is 39.4 Å². The lowest BCUT2D eigenvalue weighted by molar-refractivity contribution is -0.139. The van der Waals surface area contributed by atoms with Crippen LogP contribution in [0.3, 0.4) is 0 Å². The first-order valence-corrected chi connectivity index (χ1v) is 7.80. The zero-order valence-electron chi connectivity index (χ0n) is 14.1. The van der Waals surface area contributed by atoms with Gasteiger partial charge in [0.2, 0.25) is 17.7 Å². The molecular formula is C15H17F6N5. The summed E-state index contributed by atoms with van der Waals surface area (Å²) in [5.41, 5.74) is 0. The van der Waals surface area contributed by atoms with Gasteiger partial charge in [-0.1, -0.05) is 12.8 Å². The van der Waals surface area contributed by atoms with Gasteiger partial charge < -0.3 is 10.6 Å². The molecule has 1 saturated carbocycles. The second-order valence-electron chi connectivity index (χ2n) is 6.21. The Labute approximate surface area is 146 Å². The van der Waals surface area contributed by atoms with Gasteiger partial charge in [-0.2, -0.15) is 41.3 Å². The van der Waals surface area contributed by atoms with E-state index < -0.39 is 36.3 Å². The molecule has 11 heteroatoms. The Bertz CT molecular complexity index is 665. The maximum Gasteiger partial charge on any atom is 0.408 e. The number of aromatic nitrogens is 3. The first-order chi connectivity index (χ1) is 11.9. The zero-order valence-corrected chi connectivity index (χ0v) is 14.1. The lowest BCUT2D eigenvalue weighted by Crippen LogP contribution is -2.35. The number of hydrogen-bond donors (Lipinski definition) is 2. The summed E-state index contributed by atoms with van der Waals surface area (Å²) in [6.07, 6.45) is -8.27. The third-order valence-corrected chi connectivity index (χ3v) is 3.79. The molecule has 0 aromatic carbocycles. The molecule has 0 radical (unpaired) electrons. The monoisotopic (exact) mass is 381 g/mol. The Hall–Kier alpha value is -2.25. The topological polar surface area (TPSA) is 62.7 Å². The van der Waals surface area contributed by atoms with Gasteiger partial charge in [0.1, 0.15) is 12.1 Å². The zero-order chi connectivity index (χ0) is 19.7. The lowest BCUT2D eigenvalue weighted by atomic mass is 10.3. The summed E-state index contributed by atoms with van der Waals surface area (Å²) < 4.78 is 76.1. The van der Waals surface area contributed by atoms with Crippen molar-refractivity contribution in [1.82, 2.24) is 15.0 Å². The van der Waals surface area contributed by atoms with Crippen LogP contribution in [-0.2, 0) is 0 Å². The molecule has 1 aliphatic rings. The summed E-state index contributed by atoms with van der Waals surface area (Å²) in [5.74, 6) is 4.74. The predicted molar refractivity (Wildman–Crippen MR) is 82.3 cm³/mol. The largest absolute Gasteiger partial charge is 0.408 e. The van der Waals surface area contributed by atoms with Gasteiger partial charge in [-0.15, -0.1) is 0 Å². The second kappa shape index (κ2) is 7.17. The number of rotatable bonds is 4. The average Bonchev–Trinajstić information content (AvgIpc) is 3.18. The summed E-state index contributed by atoms with van der Waals surface area (Å²) >= 11 is 0. The van der Waals surface area contributed by atoms with Crippen LogP contribution >= 0.6 is 0 Å². The van der Waals surface area contributed by atoms with E-state index in [1.807, 2.05) is 17.6 Å². The van der Waals surface area contributed by atoms with Gasteiger partial charge in [0.25, 0.3) is 0 Å². The number of halogens is 6. The molecule has 2 unspecified atom stereocenters. The van der Waals surface area contributed by atoms with Gasteiger partial charge in [-0.05, 0) is 32.1 Å². The average molecular weight is 381 g/mol. The summed E-state index contributed by atoms with van der Waals surface area (Å²) in [7, 11) is 0. The molecular weight excluding hydrogens is 364 g/mol. The molecule has 26 heavy (non-hydrogen) atoms. The smallest absolute Gasteiger partial charge is 0.343 e. The lowest BCUT2D eigenvalue weighted by Gasteiger charge is -2.19. The standard InChI is InChI=1S/C15H17F6N5/c1-7-6-10(7)4-5-11-24-12(22-8(2)14(16,17)18)26-13(25-11)23-9(3)15(19,20)21/h7-10H,6H2,1-3H3,(H2,22,23,24,25,26)/t7?,8-,9-,10?/m1/s1. The molecule has 1 fully saturated rings. The van der Waals surface area contributed by atoms with E-state index in [0.717, 1.165) is 20.3 Å². The van der Waals surface area contributed by atoms with Crippen LogP contribution in [0, 0.1) is 23.7 Å². The molecule has 5 nitrogen and oxygen atoms in total. The van der Waals surface area contributed by atoms with Crippen LogP contribution in [0.15, 0.2) is 0 Å². The van der Waals surface area contributed by atoms with E-state index in [-0.39, 0.29) is 11.7 Å². The fraction of sp³-hybridized carbons (Fsp3) is 0.667. The van der Waals surface area contributed by atoms with Crippen molar-refractivity contribution in [3.8, 4) is 11.8 Å². The number of nitrogens with one attached hydrogen (secondary N) is 2. The maximum absolute atomic E-state index is 12.7. The Balaban J connectivity index is 2.27. The van der Waals surface area contributed by atoms with Crippen LogP contribution in [0.4, 0.5) is 38.2 Å². The van der Waals surface area contributed by atoms with Crippen LogP contribution < -0.4 is 10.6 Å². The summed E-state index contributed by atoms with van der Waals surface area (Å²) in [6, 6.07) is -4.00. The highest BCUT2D eigenvalue weighted by Gasteiger charge is 2.38. The molecule has 1 aromatic heterocycles. The number of hydrogen-bond acceptors (Lipinski definition) is 5. The minimum Gasteiger partial charge on any atom is -0.343 e. The molecule has 2 rings (SSSR count). The Morgan fingerprint density at radius 2 is 1.35 bits per heavy atom. The van der Waals surface area contributed by atoms with Crippen molar-refractivity contribution >= 4 is 11.9 Å². The van der Waals surface area contributed by atoms with Gasteiger partial charge in [-0.25, -0.2) is 0 Å². The minimum atomic E-state index is -4.57. The Morgan fingerprint density at radius 3 is 1.69 bits per heavy atom. The van der Waals surface area contributed by atoms with E-state index in [1.165, 1.54) is 0 Å². The van der Waals surface area contributed by atoms with E-state index in [0.29, 0.717) is 5.92 Å². The second-order valence-corrected chi connectivity index (χ2v) is 6.21. The quantitative estimate of drug-likeness (QED) is 0.616. The van der Waals surface area contributed by atoms with Gasteiger partial charge >= 0.3 is 12.4 Å². The first-order valence-electron chi connectivity index (χ1n) is 7.80. The molecule has 0 spiro atoms. The fourth-order valence-corrected chi connectivity index (χ4v) is 1.79. The predicted octanol–water partition coefficient (Wildman–Crippen LogP) is 3.60. The summed E-state index contributed by atoms with van der Waals surface area (Å²) in [6.45, 7) is 3.65. The molecule has 2 N–H and O–H groups in total. The molecule has 4 atom stereocenters. The van der Waals surface area contributed by atoms with E-state index in [1.54, 1.807) is 0 Å². The molecule has 144 valence electrons. The van der Waals surface area contributed by atoms with Crippen molar-refractivity contribution in [3.05, 3.63) is 5.82 Å². The highest BCUT2D eigenvalue weighted by molar-refractivity contribution is 5.40. The highest BCUT2D eigenvalue weighted by atomic mass is 19.4. The Kier molecular flexibility index (Phi) is 5.53. The minimum absolute atomic E-state index is 0.128. The van der Waals surface area contributed by atoms with Crippen molar-refractivity contribution in [2.45, 2.75) is 51.6 Å². The third-order valence-electron chi connectivity index (χ3n) is 3.79. The van der Waals surface area contributed by atoms with Crippen molar-refractivity contribution in [1.29, 1.82) is 0 Å². The normalized spacial score (nSPS) is 22.0. The van der Waals surface area contributed by atoms with Crippen molar-refractivity contribution in [2.24, 2.45) is 11.8 Å². The van der Waals surface area contributed by atoms with E-state index in [2.05, 4.69) is 26.8 Å². The van der Waals surface area contributed by atoms with Crippen molar-refractivity contribution < 1.29 is 26.3 Å². The van der Waals surface area contributed by atoms with E-state index in [4.69, 9.17) is 0 Å². The molecule has 0 aliphatic heterocycles. The highest BCUT2D eigenvalue weighted by Crippen LogP contribution is 2.36. The van der Waals surface area contributed by atoms with Gasteiger partial charge in [0.15, 0.2) is 0 Å². The van der Waals surface area contributed by atoms with Crippen LogP contribution in [0.25, 0.3) is 0 Å². The van der Waals surface area contributed by atoms with Gasteiger partial charge in [0.05, 0.1) is 0 Å². The van der Waals surface area contributed by atoms with Gasteiger partial charge in [0, 0.05) is 5.92 Å². The number of alkyl halides is 6. The van der Waals surface area contributed by atoms with Gasteiger partial charge in [-0.3, -0.25) is 0 Å². The van der Waals surface area contributed by atoms with Crippen LogP contribution in [0.2, 0.25) is 0 Å². The molecule has 1 heterocycles. The van der Waals surface area contributed by atoms with Crippen LogP contribution in [0.1, 0.15) is 33.0 Å². The molecule has 1 aliphatic carbocycles. The molecule has 1 aromatic rings. The van der Waals surface area contributed by atoms with E-state index in [9.17, 15) is 26.3 Å². The SMILES string of the molecule is CC1CC1C#Cc1nc(N[C@H](C)C(F)(F)F)nc(N[C@H](C)C(F)(F)F)n1. The Morgan fingerprint density at radius 1 is 0.923 bits per heavy atom. The molecule has 0 bridgehead atoms. The van der Waals surface area contributed by atoms with E-state index >= 15 is 0 Å². The first kappa shape index (κ1) is 20.1. The molecule has 0 saturated heterocycles. The molecule has 0 amide bonds. The summed E-state index contributed by atoms with van der Waals surface area (Å²) in [5, 5.41) is 4.02. The third kappa shape index (κ3) is 5.64. The maximum atomic E-state index is 12.7. The fourth-order valence-electron chi connectivity index (χ4n) is 1.79. The number of nitrogens with zero attached hydrogens (tertiary/aromatic N) is 3. The summed E-state index contributed by atoms with van der Waals surface area (Å²) in [4.78, 5) is 11.1.